The minimum absolute atomic E-state index is 0.474. The monoisotopic (exact) mass is 452 g/mol. The molecule has 0 aliphatic heterocycles. The molecule has 1 aliphatic carbocycles. The molecular formula is C25H26Cl2N4. The highest BCUT2D eigenvalue weighted by Gasteiger charge is 2.20. The quantitative estimate of drug-likeness (QED) is 0.328. The lowest BCUT2D eigenvalue weighted by Gasteiger charge is -2.12. The average Bonchev–Trinajstić information content (AvgIpc) is 3.27. The van der Waals surface area contributed by atoms with Crippen molar-refractivity contribution in [2.45, 2.75) is 57.3 Å². The van der Waals surface area contributed by atoms with Gasteiger partial charge in [0.05, 0.1) is 15.6 Å². The maximum Gasteiger partial charge on any atom is 0.157 e. The van der Waals surface area contributed by atoms with Crippen LogP contribution in [0.5, 0.6) is 0 Å². The number of aromatic nitrogens is 3. The molecule has 0 atom stereocenters. The van der Waals surface area contributed by atoms with Crippen LogP contribution in [0.25, 0.3) is 21.9 Å². The molecule has 0 spiro atoms. The van der Waals surface area contributed by atoms with E-state index in [9.17, 15) is 0 Å². The highest BCUT2D eigenvalue weighted by Crippen LogP contribution is 2.35. The Kier molecular flexibility index (Phi) is 6.02. The van der Waals surface area contributed by atoms with Crippen molar-refractivity contribution in [3.8, 4) is 0 Å². The number of hydrogen-bond acceptors (Lipinski definition) is 3. The van der Waals surface area contributed by atoms with Crippen LogP contribution in [0.3, 0.4) is 0 Å². The Morgan fingerprint density at radius 1 is 0.839 bits per heavy atom. The molecule has 4 nitrogen and oxygen atoms in total. The zero-order valence-corrected chi connectivity index (χ0v) is 18.9. The summed E-state index contributed by atoms with van der Waals surface area (Å²) < 4.78 is 0. The number of fused-ring (bicyclic) bond motifs is 3. The third-order valence-electron chi connectivity index (χ3n) is 6.27. The highest BCUT2D eigenvalue weighted by molar-refractivity contribution is 6.42. The Hall–Kier alpha value is -2.30. The summed E-state index contributed by atoms with van der Waals surface area (Å²) in [5.41, 5.74) is 3.69. The number of H-pyrrole nitrogens is 1. The first-order valence-corrected chi connectivity index (χ1v) is 11.9. The van der Waals surface area contributed by atoms with E-state index in [0.717, 1.165) is 39.3 Å². The number of nitrogens with zero attached hydrogens (tertiary/aromatic N) is 2. The molecule has 2 heterocycles. The van der Waals surface area contributed by atoms with Gasteiger partial charge in [-0.2, -0.15) is 0 Å². The standard InChI is InChI=1S/C25H26Cl2N4/c26-19-14-13-17(15-20(19)27)28-25-23-22(18-11-7-8-12-21(18)29-25)30-24(31-23)16-9-5-3-1-2-4-6-10-16/h7-8,11-16H,1-6,9-10H2,(H,28,29)(H,30,31). The molecule has 2 aromatic carbocycles. The minimum atomic E-state index is 0.474. The SMILES string of the molecule is Clc1ccc(Nc2nc3ccccc3c3nc(C4CCCCCCCC4)[nH]c23)cc1Cl. The second kappa shape index (κ2) is 9.05. The molecule has 2 aromatic heterocycles. The molecule has 2 N–H and O–H groups in total. The molecule has 1 saturated carbocycles. The maximum absolute atomic E-state index is 6.23. The first kappa shape index (κ1) is 20.6. The third kappa shape index (κ3) is 4.37. The molecule has 31 heavy (non-hydrogen) atoms. The molecule has 0 radical (unpaired) electrons. The fourth-order valence-electron chi connectivity index (χ4n) is 4.61. The van der Waals surface area contributed by atoms with Gasteiger partial charge >= 0.3 is 0 Å². The summed E-state index contributed by atoms with van der Waals surface area (Å²) >= 11 is 12.3. The number of rotatable bonds is 3. The number of pyridine rings is 1. The number of halogens is 2. The van der Waals surface area contributed by atoms with Crippen LogP contribution in [0.2, 0.25) is 10.0 Å². The first-order chi connectivity index (χ1) is 15.2. The van der Waals surface area contributed by atoms with Gasteiger partial charge in [-0.1, -0.05) is 79.9 Å². The van der Waals surface area contributed by atoms with Crippen molar-refractivity contribution in [2.75, 3.05) is 5.32 Å². The van der Waals surface area contributed by atoms with Crippen LogP contribution in [-0.2, 0) is 0 Å². The van der Waals surface area contributed by atoms with Crippen molar-refractivity contribution in [3.05, 3.63) is 58.3 Å². The number of nitrogens with one attached hydrogen (secondary N) is 2. The van der Waals surface area contributed by atoms with E-state index in [0.29, 0.717) is 16.0 Å². The summed E-state index contributed by atoms with van der Waals surface area (Å²) in [6.07, 6.45) is 10.3. The van der Waals surface area contributed by atoms with E-state index in [1.54, 1.807) is 6.07 Å². The largest absolute Gasteiger partial charge is 0.339 e. The van der Waals surface area contributed by atoms with Crippen LogP contribution in [0.15, 0.2) is 42.5 Å². The maximum atomic E-state index is 6.23. The predicted molar refractivity (Wildman–Crippen MR) is 131 cm³/mol. The lowest BCUT2D eigenvalue weighted by molar-refractivity contribution is 0.521. The van der Waals surface area contributed by atoms with Gasteiger partial charge in [-0.3, -0.25) is 0 Å². The van der Waals surface area contributed by atoms with Crippen molar-refractivity contribution in [3.63, 3.8) is 0 Å². The summed E-state index contributed by atoms with van der Waals surface area (Å²) in [6.45, 7) is 0. The fourth-order valence-corrected chi connectivity index (χ4v) is 4.90. The molecule has 0 bridgehead atoms. The number of benzene rings is 2. The van der Waals surface area contributed by atoms with E-state index >= 15 is 0 Å². The van der Waals surface area contributed by atoms with Crippen LogP contribution in [0.4, 0.5) is 11.5 Å². The Balaban J connectivity index is 1.59. The molecule has 5 rings (SSSR count). The summed E-state index contributed by atoms with van der Waals surface area (Å²) in [4.78, 5) is 13.7. The van der Waals surface area contributed by atoms with Gasteiger partial charge in [0.15, 0.2) is 5.82 Å². The van der Waals surface area contributed by atoms with Gasteiger partial charge in [0.1, 0.15) is 16.9 Å². The van der Waals surface area contributed by atoms with Gasteiger partial charge in [-0.25, -0.2) is 9.97 Å². The summed E-state index contributed by atoms with van der Waals surface area (Å²) in [6, 6.07) is 13.7. The molecule has 0 amide bonds. The average molecular weight is 453 g/mol. The van der Waals surface area contributed by atoms with Crippen LogP contribution < -0.4 is 5.32 Å². The van der Waals surface area contributed by atoms with Crippen molar-refractivity contribution < 1.29 is 0 Å². The zero-order valence-electron chi connectivity index (χ0n) is 17.4. The zero-order chi connectivity index (χ0) is 21.2. The van der Waals surface area contributed by atoms with Crippen molar-refractivity contribution >= 4 is 56.6 Å². The molecule has 0 unspecified atom stereocenters. The van der Waals surface area contributed by atoms with Crippen LogP contribution in [0.1, 0.15) is 63.1 Å². The Morgan fingerprint density at radius 3 is 2.35 bits per heavy atom. The normalized spacial score (nSPS) is 16.2. The van der Waals surface area contributed by atoms with Crippen molar-refractivity contribution in [1.29, 1.82) is 0 Å². The number of aromatic amines is 1. The van der Waals surface area contributed by atoms with E-state index in [4.69, 9.17) is 33.2 Å². The van der Waals surface area contributed by atoms with E-state index in [2.05, 4.69) is 16.4 Å². The smallest absolute Gasteiger partial charge is 0.157 e. The Bertz CT molecular complexity index is 1210. The van der Waals surface area contributed by atoms with E-state index < -0.39 is 0 Å². The minimum Gasteiger partial charge on any atom is -0.339 e. The lowest BCUT2D eigenvalue weighted by Crippen LogP contribution is -2.01. The van der Waals surface area contributed by atoms with Gasteiger partial charge < -0.3 is 10.3 Å². The van der Waals surface area contributed by atoms with Gasteiger partial charge in [0.25, 0.3) is 0 Å². The molecule has 1 aliphatic rings. The van der Waals surface area contributed by atoms with Crippen molar-refractivity contribution in [1.82, 2.24) is 15.0 Å². The molecule has 6 heteroatoms. The summed E-state index contributed by atoms with van der Waals surface area (Å²) in [5.74, 6) is 2.32. The van der Waals surface area contributed by atoms with Gasteiger partial charge in [-0.15, -0.1) is 0 Å². The number of hydrogen-bond donors (Lipinski definition) is 2. The number of anilines is 2. The second-order valence-corrected chi connectivity index (χ2v) is 9.29. The fraction of sp³-hybridized carbons (Fsp3) is 0.360. The number of para-hydroxylation sites is 1. The van der Waals surface area contributed by atoms with Crippen molar-refractivity contribution in [2.24, 2.45) is 0 Å². The van der Waals surface area contributed by atoms with E-state index in [-0.39, 0.29) is 0 Å². The lowest BCUT2D eigenvalue weighted by atomic mass is 9.96. The molecule has 160 valence electrons. The highest BCUT2D eigenvalue weighted by atomic mass is 35.5. The van der Waals surface area contributed by atoms with Gasteiger partial charge in [0.2, 0.25) is 0 Å². The molecule has 0 saturated heterocycles. The first-order valence-electron chi connectivity index (χ1n) is 11.2. The van der Waals surface area contributed by atoms with E-state index in [1.807, 2.05) is 30.3 Å². The van der Waals surface area contributed by atoms with Crippen LogP contribution in [-0.4, -0.2) is 15.0 Å². The summed E-state index contributed by atoms with van der Waals surface area (Å²) in [5, 5.41) is 5.55. The molecular weight excluding hydrogens is 427 g/mol. The molecule has 1 fully saturated rings. The summed E-state index contributed by atoms with van der Waals surface area (Å²) in [7, 11) is 0. The Labute approximate surface area is 192 Å². The van der Waals surface area contributed by atoms with Gasteiger partial charge in [-0.05, 0) is 37.1 Å². The van der Waals surface area contributed by atoms with Gasteiger partial charge in [0, 0.05) is 17.0 Å². The third-order valence-corrected chi connectivity index (χ3v) is 7.01. The van der Waals surface area contributed by atoms with Crippen LogP contribution in [0, 0.1) is 0 Å². The Morgan fingerprint density at radius 2 is 1.58 bits per heavy atom. The van der Waals surface area contributed by atoms with E-state index in [1.165, 1.54) is 51.4 Å². The predicted octanol–water partition coefficient (Wildman–Crippen LogP) is 8.38. The number of imidazole rings is 1. The van der Waals surface area contributed by atoms with Crippen LogP contribution >= 0.6 is 23.2 Å². The second-order valence-electron chi connectivity index (χ2n) is 8.47. The molecule has 4 aromatic rings. The topological polar surface area (TPSA) is 53.6 Å².